The number of esters is 1. The van der Waals surface area contributed by atoms with E-state index in [4.69, 9.17) is 9.47 Å². The summed E-state index contributed by atoms with van der Waals surface area (Å²) in [5, 5.41) is 3.28. The summed E-state index contributed by atoms with van der Waals surface area (Å²) in [6, 6.07) is 24.6. The molecule has 3 aromatic rings. The van der Waals surface area contributed by atoms with Crippen molar-refractivity contribution in [2.45, 2.75) is 58.2 Å². The van der Waals surface area contributed by atoms with Crippen LogP contribution in [-0.2, 0) is 27.3 Å². The minimum absolute atomic E-state index is 0.125. The number of ether oxygens (including phenoxy) is 2. The van der Waals surface area contributed by atoms with Crippen molar-refractivity contribution in [1.82, 2.24) is 5.32 Å². The summed E-state index contributed by atoms with van der Waals surface area (Å²) in [5.41, 5.74) is 4.13. The normalized spacial score (nSPS) is 16.1. The zero-order chi connectivity index (χ0) is 26.2. The maximum Gasteiger partial charge on any atom is 0.323 e. The largest absolute Gasteiger partial charge is 0.489 e. The molecule has 37 heavy (non-hydrogen) atoms. The Morgan fingerprint density at radius 1 is 1.00 bits per heavy atom. The molecule has 6 heteroatoms. The summed E-state index contributed by atoms with van der Waals surface area (Å²) in [7, 11) is 0. The van der Waals surface area contributed by atoms with Gasteiger partial charge in [-0.05, 0) is 54.5 Å². The van der Waals surface area contributed by atoms with Crippen LogP contribution in [0.1, 0.15) is 49.8 Å². The fraction of sp³-hybridized carbons (Fsp3) is 0.355. The number of fused-ring (bicyclic) bond motifs is 1. The van der Waals surface area contributed by atoms with E-state index < -0.39 is 12.1 Å². The first kappa shape index (κ1) is 26.4. The van der Waals surface area contributed by atoms with E-state index >= 15 is 0 Å². The summed E-state index contributed by atoms with van der Waals surface area (Å²) in [5.74, 6) is 0.596. The van der Waals surface area contributed by atoms with Crippen LogP contribution in [0.3, 0.4) is 0 Å². The molecule has 1 amide bonds. The molecule has 3 aromatic carbocycles. The Balaban J connectivity index is 1.56. The molecule has 1 aliphatic rings. The SMILES string of the molecule is CCOC(=O)[C@H](CCc1ccccc1)N[C@H]1COc2ccccc2N(Cc2ccc(C(C)C)cc2)C1=O. The third-order valence-corrected chi connectivity index (χ3v) is 6.65. The van der Waals surface area contributed by atoms with Crippen molar-refractivity contribution < 1.29 is 19.1 Å². The first-order valence-corrected chi connectivity index (χ1v) is 13.0. The summed E-state index contributed by atoms with van der Waals surface area (Å²) >= 11 is 0. The number of hydrogen-bond acceptors (Lipinski definition) is 5. The second-order valence-electron chi connectivity index (χ2n) is 9.65. The van der Waals surface area contributed by atoms with Gasteiger partial charge in [0, 0.05) is 0 Å². The minimum atomic E-state index is -0.701. The van der Waals surface area contributed by atoms with Gasteiger partial charge >= 0.3 is 5.97 Å². The van der Waals surface area contributed by atoms with Crippen molar-refractivity contribution in [3.8, 4) is 5.75 Å². The van der Waals surface area contributed by atoms with Crippen LogP contribution in [0.25, 0.3) is 0 Å². The van der Waals surface area contributed by atoms with Crippen molar-refractivity contribution in [3.63, 3.8) is 0 Å². The van der Waals surface area contributed by atoms with Crippen LogP contribution in [0.2, 0.25) is 0 Å². The minimum Gasteiger partial charge on any atom is -0.489 e. The number of carbonyl (C=O) groups is 2. The van der Waals surface area contributed by atoms with E-state index in [1.807, 2.05) is 54.6 Å². The molecule has 1 N–H and O–H groups in total. The Bertz CT molecular complexity index is 1180. The monoisotopic (exact) mass is 500 g/mol. The number of nitrogens with zero attached hydrogens (tertiary/aromatic N) is 1. The lowest BCUT2D eigenvalue weighted by Crippen LogP contribution is -2.54. The molecule has 2 atom stereocenters. The van der Waals surface area contributed by atoms with E-state index in [9.17, 15) is 9.59 Å². The fourth-order valence-corrected chi connectivity index (χ4v) is 4.54. The Kier molecular flexibility index (Phi) is 8.96. The van der Waals surface area contributed by atoms with Crippen LogP contribution < -0.4 is 15.0 Å². The van der Waals surface area contributed by atoms with Crippen molar-refractivity contribution in [2.75, 3.05) is 18.1 Å². The standard InChI is InChI=1S/C31H36N2O4/c1-4-36-31(35)26(19-16-23-10-6-5-7-11-23)32-27-21-37-29-13-9-8-12-28(29)33(30(27)34)20-24-14-17-25(18-15-24)22(2)3/h5-15,17-18,22,26-27,32H,4,16,19-21H2,1-3H3/t26-,27-/m0/s1. The second kappa shape index (κ2) is 12.5. The van der Waals surface area contributed by atoms with Gasteiger partial charge in [0.2, 0.25) is 5.91 Å². The van der Waals surface area contributed by atoms with Gasteiger partial charge in [0.05, 0.1) is 18.8 Å². The zero-order valence-corrected chi connectivity index (χ0v) is 21.9. The molecule has 0 spiro atoms. The van der Waals surface area contributed by atoms with Gasteiger partial charge in [-0.1, -0.05) is 80.6 Å². The lowest BCUT2D eigenvalue weighted by molar-refractivity contribution is -0.146. The van der Waals surface area contributed by atoms with Crippen molar-refractivity contribution in [2.24, 2.45) is 0 Å². The molecule has 6 nitrogen and oxygen atoms in total. The summed E-state index contributed by atoms with van der Waals surface area (Å²) < 4.78 is 11.4. The van der Waals surface area contributed by atoms with E-state index in [1.54, 1.807) is 11.8 Å². The maximum absolute atomic E-state index is 13.9. The van der Waals surface area contributed by atoms with Gasteiger partial charge in [-0.25, -0.2) is 0 Å². The van der Waals surface area contributed by atoms with E-state index in [0.717, 1.165) is 16.8 Å². The Morgan fingerprint density at radius 2 is 1.70 bits per heavy atom. The first-order valence-electron chi connectivity index (χ1n) is 13.0. The highest BCUT2D eigenvalue weighted by atomic mass is 16.5. The van der Waals surface area contributed by atoms with Gasteiger partial charge in [0.15, 0.2) is 0 Å². The highest BCUT2D eigenvalue weighted by Gasteiger charge is 2.34. The number of anilines is 1. The van der Waals surface area contributed by atoms with E-state index in [2.05, 4.69) is 43.4 Å². The van der Waals surface area contributed by atoms with Gasteiger partial charge in [-0.3, -0.25) is 14.9 Å². The van der Waals surface area contributed by atoms with Crippen molar-refractivity contribution in [3.05, 3.63) is 95.6 Å². The molecule has 0 bridgehead atoms. The molecule has 0 aromatic heterocycles. The van der Waals surface area contributed by atoms with Crippen molar-refractivity contribution in [1.29, 1.82) is 0 Å². The number of benzene rings is 3. The number of para-hydroxylation sites is 2. The van der Waals surface area contributed by atoms with Crippen LogP contribution in [0.15, 0.2) is 78.9 Å². The van der Waals surface area contributed by atoms with Crippen LogP contribution in [0.5, 0.6) is 5.75 Å². The molecule has 0 aliphatic carbocycles. The quantitative estimate of drug-likeness (QED) is 0.385. The molecule has 1 aliphatic heterocycles. The summed E-state index contributed by atoms with van der Waals surface area (Å²) in [6.45, 7) is 6.92. The Morgan fingerprint density at radius 3 is 2.41 bits per heavy atom. The van der Waals surface area contributed by atoms with Gasteiger partial charge in [-0.15, -0.1) is 0 Å². The van der Waals surface area contributed by atoms with Gasteiger partial charge in [0.1, 0.15) is 24.4 Å². The van der Waals surface area contributed by atoms with Crippen molar-refractivity contribution >= 4 is 17.6 Å². The molecule has 194 valence electrons. The van der Waals surface area contributed by atoms with Gasteiger partial charge in [0.25, 0.3) is 0 Å². The van der Waals surface area contributed by atoms with Gasteiger partial charge in [-0.2, -0.15) is 0 Å². The number of amides is 1. The second-order valence-corrected chi connectivity index (χ2v) is 9.65. The third kappa shape index (κ3) is 6.77. The number of hydrogen-bond donors (Lipinski definition) is 1. The number of rotatable bonds is 10. The first-order chi connectivity index (χ1) is 18.0. The Hall–Kier alpha value is -3.64. The third-order valence-electron chi connectivity index (χ3n) is 6.65. The predicted molar refractivity (Wildman–Crippen MR) is 146 cm³/mol. The van der Waals surface area contributed by atoms with Gasteiger partial charge < -0.3 is 14.4 Å². The van der Waals surface area contributed by atoms with Crippen LogP contribution in [-0.4, -0.2) is 37.2 Å². The van der Waals surface area contributed by atoms with Crippen LogP contribution in [0.4, 0.5) is 5.69 Å². The molecular formula is C31H36N2O4. The molecule has 1 heterocycles. The number of nitrogens with one attached hydrogen (secondary N) is 1. The molecule has 0 fully saturated rings. The summed E-state index contributed by atoms with van der Waals surface area (Å²) in [6.07, 6.45) is 1.20. The molecule has 4 rings (SSSR count). The highest BCUT2D eigenvalue weighted by molar-refractivity contribution is 5.99. The average molecular weight is 501 g/mol. The Labute approximate surface area is 219 Å². The number of aryl methyl sites for hydroxylation is 1. The highest BCUT2D eigenvalue weighted by Crippen LogP contribution is 2.32. The lowest BCUT2D eigenvalue weighted by Gasteiger charge is -2.27. The fourth-order valence-electron chi connectivity index (χ4n) is 4.54. The topological polar surface area (TPSA) is 67.9 Å². The molecule has 0 saturated carbocycles. The summed E-state index contributed by atoms with van der Waals surface area (Å²) in [4.78, 5) is 28.5. The number of carbonyl (C=O) groups excluding carboxylic acids is 2. The molecular weight excluding hydrogens is 464 g/mol. The predicted octanol–water partition coefficient (Wildman–Crippen LogP) is 5.26. The zero-order valence-electron chi connectivity index (χ0n) is 21.9. The van der Waals surface area contributed by atoms with E-state index in [0.29, 0.717) is 31.1 Å². The average Bonchev–Trinajstić information content (AvgIpc) is 3.04. The van der Waals surface area contributed by atoms with E-state index in [-0.39, 0.29) is 25.1 Å². The van der Waals surface area contributed by atoms with E-state index in [1.165, 1.54) is 5.56 Å². The van der Waals surface area contributed by atoms with Crippen LogP contribution >= 0.6 is 0 Å². The smallest absolute Gasteiger partial charge is 0.323 e. The molecule has 0 radical (unpaired) electrons. The molecule has 0 unspecified atom stereocenters. The lowest BCUT2D eigenvalue weighted by atomic mass is 10.0. The maximum atomic E-state index is 13.9. The van der Waals surface area contributed by atoms with Crippen LogP contribution in [0, 0.1) is 0 Å². The molecule has 0 saturated heterocycles.